The van der Waals surface area contributed by atoms with Gasteiger partial charge in [-0.1, -0.05) is 31.0 Å². The van der Waals surface area contributed by atoms with Gasteiger partial charge in [0.2, 0.25) is 11.8 Å². The van der Waals surface area contributed by atoms with Crippen molar-refractivity contribution < 1.29 is 27.1 Å². The van der Waals surface area contributed by atoms with E-state index >= 15 is 0 Å². The Morgan fingerprint density at radius 2 is 1.77 bits per heavy atom. The lowest BCUT2D eigenvalue weighted by Crippen LogP contribution is -2.42. The van der Waals surface area contributed by atoms with Crippen molar-refractivity contribution in [2.24, 2.45) is 4.40 Å². The normalized spacial score (nSPS) is 20.3. The number of amidine groups is 1. The monoisotopic (exact) mass is 519 g/mol. The Bertz CT molecular complexity index is 1210. The van der Waals surface area contributed by atoms with Crippen molar-refractivity contribution >= 4 is 44.5 Å². The van der Waals surface area contributed by atoms with Gasteiger partial charge in [0.05, 0.1) is 12.0 Å². The van der Waals surface area contributed by atoms with Gasteiger partial charge in [0.15, 0.2) is 5.17 Å². The van der Waals surface area contributed by atoms with Crippen LogP contribution in [-0.2, 0) is 19.6 Å². The minimum absolute atomic E-state index is 0.0634. The molecule has 35 heavy (non-hydrogen) atoms. The zero-order chi connectivity index (χ0) is 25.0. The molecule has 0 bridgehead atoms. The minimum Gasteiger partial charge on any atom is -0.497 e. The standard InChI is InChI=1S/C24H26FN3O5S2/c1-33-19-11-9-17(10-12-19)26-22(29)15-21-23(30)28(18-5-3-2-4-6-18)24(34-21)27-35(31,32)20-13-7-16(25)8-14-20/h7-14,18,21H,2-6,15H2,1H3,(H,26,29)/b27-24+. The van der Waals surface area contributed by atoms with Crippen LogP contribution in [0.3, 0.4) is 0 Å². The zero-order valence-electron chi connectivity index (χ0n) is 19.1. The van der Waals surface area contributed by atoms with Gasteiger partial charge < -0.3 is 10.1 Å². The Balaban J connectivity index is 1.55. The second-order valence-electron chi connectivity index (χ2n) is 8.39. The zero-order valence-corrected chi connectivity index (χ0v) is 20.8. The first-order chi connectivity index (χ1) is 16.8. The van der Waals surface area contributed by atoms with Crippen LogP contribution < -0.4 is 10.1 Å². The third-order valence-electron chi connectivity index (χ3n) is 5.96. The molecule has 1 heterocycles. The first-order valence-electron chi connectivity index (χ1n) is 11.3. The number of methoxy groups -OCH3 is 1. The lowest BCUT2D eigenvalue weighted by molar-refractivity contribution is -0.130. The Morgan fingerprint density at radius 1 is 1.11 bits per heavy atom. The van der Waals surface area contributed by atoms with E-state index in [4.69, 9.17) is 4.74 Å². The molecular formula is C24H26FN3O5S2. The number of nitrogens with zero attached hydrogens (tertiary/aromatic N) is 2. The maximum absolute atomic E-state index is 13.3. The van der Waals surface area contributed by atoms with Crippen LogP contribution in [0.15, 0.2) is 57.8 Å². The smallest absolute Gasteiger partial charge is 0.284 e. The van der Waals surface area contributed by atoms with Gasteiger partial charge in [0.1, 0.15) is 16.8 Å². The second kappa shape index (κ2) is 10.8. The second-order valence-corrected chi connectivity index (χ2v) is 11.2. The SMILES string of the molecule is COc1ccc(NC(=O)CC2S/C(=N/S(=O)(=O)c3ccc(F)cc3)N(C3CCCCC3)C2=O)cc1. The summed E-state index contributed by atoms with van der Waals surface area (Å²) in [5.74, 6) is -0.600. The van der Waals surface area contributed by atoms with Crippen molar-refractivity contribution in [3.05, 3.63) is 54.3 Å². The van der Waals surface area contributed by atoms with Gasteiger partial charge in [-0.3, -0.25) is 14.5 Å². The third kappa shape index (κ3) is 6.02. The van der Waals surface area contributed by atoms with Gasteiger partial charge in [0, 0.05) is 18.2 Å². The van der Waals surface area contributed by atoms with E-state index in [0.29, 0.717) is 11.4 Å². The fraction of sp³-hybridized carbons (Fsp3) is 0.375. The molecule has 0 radical (unpaired) electrons. The number of hydrogen-bond acceptors (Lipinski definition) is 6. The molecule has 1 aliphatic carbocycles. The molecule has 11 heteroatoms. The van der Waals surface area contributed by atoms with Crippen LogP contribution in [0, 0.1) is 5.82 Å². The highest BCUT2D eigenvalue weighted by molar-refractivity contribution is 8.16. The van der Waals surface area contributed by atoms with Crippen LogP contribution in [0.2, 0.25) is 0 Å². The van der Waals surface area contributed by atoms with E-state index in [1.807, 2.05) is 0 Å². The van der Waals surface area contributed by atoms with Gasteiger partial charge >= 0.3 is 0 Å². The Kier molecular flexibility index (Phi) is 7.75. The van der Waals surface area contributed by atoms with Crippen molar-refractivity contribution in [2.75, 3.05) is 12.4 Å². The molecule has 2 aromatic carbocycles. The number of ether oxygens (including phenoxy) is 1. The fourth-order valence-electron chi connectivity index (χ4n) is 4.17. The Morgan fingerprint density at radius 3 is 2.40 bits per heavy atom. The Labute approximate surface area is 208 Å². The minimum atomic E-state index is -4.17. The number of nitrogens with one attached hydrogen (secondary N) is 1. The molecule has 1 aliphatic heterocycles. The highest BCUT2D eigenvalue weighted by atomic mass is 32.2. The molecular weight excluding hydrogens is 493 g/mol. The average molecular weight is 520 g/mol. The van der Waals surface area contributed by atoms with E-state index in [9.17, 15) is 22.4 Å². The maximum atomic E-state index is 13.3. The van der Waals surface area contributed by atoms with Crippen LogP contribution in [0.5, 0.6) is 5.75 Å². The molecule has 0 spiro atoms. The van der Waals surface area contributed by atoms with Crippen LogP contribution >= 0.6 is 11.8 Å². The van der Waals surface area contributed by atoms with E-state index < -0.39 is 21.1 Å². The van der Waals surface area contributed by atoms with E-state index in [1.54, 1.807) is 31.4 Å². The van der Waals surface area contributed by atoms with Crippen LogP contribution in [0.4, 0.5) is 10.1 Å². The van der Waals surface area contributed by atoms with Crippen LogP contribution in [0.25, 0.3) is 0 Å². The number of hydrogen-bond donors (Lipinski definition) is 1. The molecule has 186 valence electrons. The number of rotatable bonds is 7. The summed E-state index contributed by atoms with van der Waals surface area (Å²) in [5, 5.41) is 2.03. The number of thioether (sulfide) groups is 1. The summed E-state index contributed by atoms with van der Waals surface area (Å²) in [4.78, 5) is 27.3. The molecule has 1 N–H and O–H groups in total. The third-order valence-corrected chi connectivity index (χ3v) is 8.51. The van der Waals surface area contributed by atoms with E-state index in [0.717, 1.165) is 68.1 Å². The number of amides is 2. The molecule has 0 aromatic heterocycles. The summed E-state index contributed by atoms with van der Waals surface area (Å²) < 4.78 is 48.2. The fourth-order valence-corrected chi connectivity index (χ4v) is 6.57. The lowest BCUT2D eigenvalue weighted by atomic mass is 9.94. The summed E-state index contributed by atoms with van der Waals surface area (Å²) in [6.45, 7) is 0. The van der Waals surface area contributed by atoms with Crippen molar-refractivity contribution in [1.29, 1.82) is 0 Å². The van der Waals surface area contributed by atoms with E-state index in [1.165, 1.54) is 4.90 Å². The largest absolute Gasteiger partial charge is 0.497 e. The number of anilines is 1. The highest BCUT2D eigenvalue weighted by Crippen LogP contribution is 2.36. The number of sulfonamides is 1. The number of carbonyl (C=O) groups is 2. The molecule has 2 aromatic rings. The molecule has 1 saturated heterocycles. The van der Waals surface area contributed by atoms with Gasteiger partial charge in [-0.15, -0.1) is 4.40 Å². The molecule has 1 saturated carbocycles. The van der Waals surface area contributed by atoms with Crippen molar-refractivity contribution in [2.45, 2.75) is 54.7 Å². The summed E-state index contributed by atoms with van der Waals surface area (Å²) in [6, 6.07) is 11.0. The van der Waals surface area contributed by atoms with Gasteiger partial charge in [-0.25, -0.2) is 4.39 Å². The van der Waals surface area contributed by atoms with Crippen LogP contribution in [-0.4, -0.2) is 48.7 Å². The molecule has 2 amide bonds. The first kappa shape index (κ1) is 25.2. The van der Waals surface area contributed by atoms with Crippen molar-refractivity contribution in [1.82, 2.24) is 4.90 Å². The molecule has 1 atom stereocenters. The molecule has 1 unspecified atom stereocenters. The summed E-state index contributed by atoms with van der Waals surface area (Å²) >= 11 is 0.982. The first-order valence-corrected chi connectivity index (χ1v) is 13.6. The molecule has 8 nitrogen and oxygen atoms in total. The van der Waals surface area contributed by atoms with Gasteiger partial charge in [-0.05, 0) is 61.4 Å². The van der Waals surface area contributed by atoms with E-state index in [-0.39, 0.29) is 34.3 Å². The van der Waals surface area contributed by atoms with E-state index in [2.05, 4.69) is 9.71 Å². The maximum Gasteiger partial charge on any atom is 0.284 e. The molecule has 2 aliphatic rings. The van der Waals surface area contributed by atoms with Gasteiger partial charge in [0.25, 0.3) is 10.0 Å². The lowest BCUT2D eigenvalue weighted by Gasteiger charge is -2.30. The topological polar surface area (TPSA) is 105 Å². The Hall–Kier alpha value is -2.92. The van der Waals surface area contributed by atoms with Gasteiger partial charge in [-0.2, -0.15) is 8.42 Å². The quantitative estimate of drug-likeness (QED) is 0.588. The highest BCUT2D eigenvalue weighted by Gasteiger charge is 2.43. The summed E-state index contributed by atoms with van der Waals surface area (Å²) in [5.41, 5.74) is 0.558. The van der Waals surface area contributed by atoms with Crippen molar-refractivity contribution in [3.8, 4) is 5.75 Å². The predicted molar refractivity (Wildman–Crippen MR) is 132 cm³/mol. The number of carbonyl (C=O) groups excluding carboxylic acids is 2. The summed E-state index contributed by atoms with van der Waals surface area (Å²) in [7, 11) is -2.62. The molecule has 2 fully saturated rings. The predicted octanol–water partition coefficient (Wildman–Crippen LogP) is 4.18. The molecule has 4 rings (SSSR count). The average Bonchev–Trinajstić information content (AvgIpc) is 3.13. The van der Waals surface area contributed by atoms with Crippen molar-refractivity contribution in [3.63, 3.8) is 0 Å². The number of benzene rings is 2. The van der Waals surface area contributed by atoms with Crippen LogP contribution in [0.1, 0.15) is 38.5 Å². The summed E-state index contributed by atoms with van der Waals surface area (Å²) in [6.07, 6.45) is 4.27. The number of halogens is 1.